The lowest BCUT2D eigenvalue weighted by Gasteiger charge is -2.29. The van der Waals surface area contributed by atoms with E-state index in [0.29, 0.717) is 12.2 Å². The van der Waals surface area contributed by atoms with E-state index in [0.717, 1.165) is 23.7 Å². The highest BCUT2D eigenvalue weighted by molar-refractivity contribution is 6.04. The zero-order chi connectivity index (χ0) is 15.5. The number of aryl methyl sites for hydroxylation is 1. The molecule has 0 saturated heterocycles. The first-order chi connectivity index (χ1) is 10.1. The summed E-state index contributed by atoms with van der Waals surface area (Å²) in [6, 6.07) is 7.67. The van der Waals surface area contributed by atoms with Gasteiger partial charge in [-0.3, -0.25) is 9.48 Å². The van der Waals surface area contributed by atoms with Crippen LogP contribution in [0, 0.1) is 5.41 Å². The molecule has 0 unspecified atom stereocenters. The van der Waals surface area contributed by atoms with E-state index in [-0.39, 0.29) is 17.9 Å². The van der Waals surface area contributed by atoms with E-state index in [2.05, 4.69) is 10.4 Å². The van der Waals surface area contributed by atoms with Crippen molar-refractivity contribution < 1.29 is 9.90 Å². The maximum Gasteiger partial charge on any atom is 0.272 e. The summed E-state index contributed by atoms with van der Waals surface area (Å²) in [5.41, 5.74) is 1.12. The maximum atomic E-state index is 12.4. The second-order valence-electron chi connectivity index (χ2n) is 5.54. The Labute approximate surface area is 125 Å². The van der Waals surface area contributed by atoms with Crippen LogP contribution in [0.4, 0.5) is 0 Å². The van der Waals surface area contributed by atoms with Crippen LogP contribution in [-0.2, 0) is 7.05 Å². The predicted molar refractivity (Wildman–Crippen MR) is 83.1 cm³/mol. The Kier molecular flexibility index (Phi) is 4.63. The van der Waals surface area contributed by atoms with Gasteiger partial charge in [-0.15, -0.1) is 0 Å². The smallest absolute Gasteiger partial charge is 0.272 e. The van der Waals surface area contributed by atoms with Crippen molar-refractivity contribution in [3.05, 3.63) is 30.0 Å². The first-order valence-corrected chi connectivity index (χ1v) is 7.37. The van der Waals surface area contributed by atoms with Gasteiger partial charge in [0.2, 0.25) is 0 Å². The van der Waals surface area contributed by atoms with E-state index in [4.69, 9.17) is 0 Å². The average molecular weight is 289 g/mol. The number of fused-ring (bicyclic) bond motifs is 1. The zero-order valence-corrected chi connectivity index (χ0v) is 12.9. The van der Waals surface area contributed by atoms with E-state index in [1.807, 2.05) is 45.2 Å². The molecule has 0 radical (unpaired) electrons. The van der Waals surface area contributed by atoms with Crippen molar-refractivity contribution in [2.75, 3.05) is 13.2 Å². The molecule has 0 aliphatic rings. The highest BCUT2D eigenvalue weighted by Gasteiger charge is 2.26. The molecular formula is C16H23N3O2. The lowest BCUT2D eigenvalue weighted by molar-refractivity contribution is 0.0847. The maximum absolute atomic E-state index is 12.4. The number of nitrogens with zero attached hydrogens (tertiary/aromatic N) is 2. The molecule has 1 aromatic heterocycles. The molecule has 0 saturated carbocycles. The number of carbonyl (C=O) groups excluding carboxylic acids is 1. The lowest BCUT2D eigenvalue weighted by atomic mass is 9.83. The molecule has 1 heterocycles. The molecule has 0 spiro atoms. The van der Waals surface area contributed by atoms with Crippen LogP contribution in [0.3, 0.4) is 0 Å². The summed E-state index contributed by atoms with van der Waals surface area (Å²) in [5, 5.41) is 17.6. The number of hydrogen-bond donors (Lipinski definition) is 2. The molecule has 2 rings (SSSR count). The minimum absolute atomic E-state index is 0.0727. The van der Waals surface area contributed by atoms with Crippen LogP contribution in [-0.4, -0.2) is 33.9 Å². The number of rotatable bonds is 6. The molecule has 0 atom stereocenters. The molecule has 1 aromatic carbocycles. The second kappa shape index (κ2) is 6.26. The zero-order valence-electron chi connectivity index (χ0n) is 12.9. The van der Waals surface area contributed by atoms with Crippen molar-refractivity contribution in [3.8, 4) is 0 Å². The summed E-state index contributed by atoms with van der Waals surface area (Å²) in [4.78, 5) is 12.4. The fourth-order valence-corrected chi connectivity index (χ4v) is 2.51. The highest BCUT2D eigenvalue weighted by Crippen LogP contribution is 2.25. The van der Waals surface area contributed by atoms with Gasteiger partial charge in [0, 0.05) is 24.4 Å². The first-order valence-electron chi connectivity index (χ1n) is 7.37. The van der Waals surface area contributed by atoms with Gasteiger partial charge in [-0.2, -0.15) is 5.10 Å². The summed E-state index contributed by atoms with van der Waals surface area (Å²) in [5.74, 6) is -0.188. The summed E-state index contributed by atoms with van der Waals surface area (Å²) < 4.78 is 1.71. The second-order valence-corrected chi connectivity index (χ2v) is 5.54. The van der Waals surface area contributed by atoms with Gasteiger partial charge >= 0.3 is 0 Å². The molecule has 0 bridgehead atoms. The largest absolute Gasteiger partial charge is 0.396 e. The third-order valence-corrected chi connectivity index (χ3v) is 4.43. The van der Waals surface area contributed by atoms with Crippen LogP contribution in [0.15, 0.2) is 24.3 Å². The number of para-hydroxylation sites is 1. The average Bonchev–Trinajstić information content (AvgIpc) is 2.87. The molecule has 0 aliphatic carbocycles. The van der Waals surface area contributed by atoms with Crippen LogP contribution in [0.2, 0.25) is 0 Å². The number of aromatic nitrogens is 2. The number of benzene rings is 1. The lowest BCUT2D eigenvalue weighted by Crippen LogP contribution is -2.39. The molecule has 5 heteroatoms. The van der Waals surface area contributed by atoms with Crippen LogP contribution in [0.5, 0.6) is 0 Å². The third kappa shape index (κ3) is 2.93. The molecule has 2 N–H and O–H groups in total. The van der Waals surface area contributed by atoms with Crippen molar-refractivity contribution >= 4 is 16.8 Å². The first kappa shape index (κ1) is 15.5. The van der Waals surface area contributed by atoms with Gasteiger partial charge in [0.25, 0.3) is 5.91 Å². The molecule has 0 fully saturated rings. The van der Waals surface area contributed by atoms with Gasteiger partial charge in [0.05, 0.1) is 12.1 Å². The highest BCUT2D eigenvalue weighted by atomic mass is 16.3. The van der Waals surface area contributed by atoms with Crippen molar-refractivity contribution in [2.45, 2.75) is 26.7 Å². The number of aliphatic hydroxyl groups is 1. The van der Waals surface area contributed by atoms with Gasteiger partial charge in [-0.25, -0.2) is 0 Å². The van der Waals surface area contributed by atoms with Gasteiger partial charge in [-0.1, -0.05) is 32.0 Å². The Balaban J connectivity index is 2.20. The summed E-state index contributed by atoms with van der Waals surface area (Å²) in [6.45, 7) is 4.59. The Hall–Kier alpha value is -1.88. The summed E-state index contributed by atoms with van der Waals surface area (Å²) >= 11 is 0. The molecular weight excluding hydrogens is 266 g/mol. The Morgan fingerprint density at radius 2 is 2.00 bits per heavy atom. The molecule has 114 valence electrons. The van der Waals surface area contributed by atoms with Gasteiger partial charge in [0.15, 0.2) is 5.69 Å². The van der Waals surface area contributed by atoms with Crippen LogP contribution in [0.25, 0.3) is 10.9 Å². The van der Waals surface area contributed by atoms with E-state index in [1.54, 1.807) is 4.68 Å². The Morgan fingerprint density at radius 1 is 1.33 bits per heavy atom. The minimum Gasteiger partial charge on any atom is -0.396 e. The SMILES string of the molecule is CCC(CC)(CO)CNC(=O)c1nn(C)c2ccccc12. The van der Waals surface area contributed by atoms with Crippen molar-refractivity contribution in [1.82, 2.24) is 15.1 Å². The van der Waals surface area contributed by atoms with E-state index < -0.39 is 0 Å². The molecule has 1 amide bonds. The van der Waals surface area contributed by atoms with Crippen LogP contribution < -0.4 is 5.32 Å². The van der Waals surface area contributed by atoms with E-state index >= 15 is 0 Å². The fourth-order valence-electron chi connectivity index (χ4n) is 2.51. The molecule has 0 aliphatic heterocycles. The van der Waals surface area contributed by atoms with Crippen molar-refractivity contribution in [3.63, 3.8) is 0 Å². The van der Waals surface area contributed by atoms with Crippen molar-refractivity contribution in [2.24, 2.45) is 12.5 Å². The predicted octanol–water partition coefficient (Wildman–Crippen LogP) is 2.10. The summed E-state index contributed by atoms with van der Waals surface area (Å²) in [7, 11) is 1.83. The van der Waals surface area contributed by atoms with Crippen LogP contribution in [0.1, 0.15) is 37.2 Å². The van der Waals surface area contributed by atoms with Gasteiger partial charge in [-0.05, 0) is 18.9 Å². The molecule has 2 aromatic rings. The van der Waals surface area contributed by atoms with Crippen molar-refractivity contribution in [1.29, 1.82) is 0 Å². The Bertz CT molecular complexity index is 621. The van der Waals surface area contributed by atoms with E-state index in [9.17, 15) is 9.90 Å². The fraction of sp³-hybridized carbons (Fsp3) is 0.500. The van der Waals surface area contributed by atoms with Gasteiger partial charge < -0.3 is 10.4 Å². The Morgan fingerprint density at radius 3 is 2.62 bits per heavy atom. The normalized spacial score (nSPS) is 11.8. The monoisotopic (exact) mass is 289 g/mol. The quantitative estimate of drug-likeness (QED) is 0.856. The number of aliphatic hydroxyl groups excluding tert-OH is 1. The standard InChI is InChI=1S/C16H23N3O2/c1-4-16(5-2,11-20)10-17-15(21)14-12-8-6-7-9-13(12)19(3)18-14/h6-9,20H,4-5,10-11H2,1-3H3,(H,17,21). The van der Waals surface area contributed by atoms with Crippen LogP contribution >= 0.6 is 0 Å². The topological polar surface area (TPSA) is 67.2 Å². The molecule has 5 nitrogen and oxygen atoms in total. The minimum atomic E-state index is -0.250. The third-order valence-electron chi connectivity index (χ3n) is 4.43. The number of carbonyl (C=O) groups is 1. The number of amides is 1. The van der Waals surface area contributed by atoms with Gasteiger partial charge in [0.1, 0.15) is 0 Å². The van der Waals surface area contributed by atoms with E-state index in [1.165, 1.54) is 0 Å². The number of nitrogens with one attached hydrogen (secondary N) is 1. The molecule has 21 heavy (non-hydrogen) atoms. The summed E-state index contributed by atoms with van der Waals surface area (Å²) in [6.07, 6.45) is 1.65. The number of hydrogen-bond acceptors (Lipinski definition) is 3.